The van der Waals surface area contributed by atoms with Gasteiger partial charge in [-0.3, -0.25) is 9.59 Å². The molecule has 6 aliphatic rings. The van der Waals surface area contributed by atoms with E-state index < -0.39 is 88.9 Å². The van der Waals surface area contributed by atoms with Crippen molar-refractivity contribution in [3.8, 4) is 0 Å². The number of ether oxygens (including phenoxy) is 5. The number of carbonyl (C=O) groups is 2. The Morgan fingerprint density at radius 3 is 2.55 bits per heavy atom. The normalized spacial score (nSPS) is 50.0. The molecular formula is C32H42O10. The van der Waals surface area contributed by atoms with E-state index in [1.807, 2.05) is 19.1 Å². The quantitative estimate of drug-likeness (QED) is 0.121. The van der Waals surface area contributed by atoms with E-state index >= 15 is 0 Å². The Labute approximate surface area is 246 Å². The third-order valence-electron chi connectivity index (χ3n) is 10.6. The van der Waals surface area contributed by atoms with Crippen LogP contribution in [0.5, 0.6) is 0 Å². The number of unbranched alkanes of at least 4 members (excludes halogenated alkanes) is 3. The summed E-state index contributed by atoms with van der Waals surface area (Å²) in [4.78, 5) is 26.2. The maximum absolute atomic E-state index is 13.7. The van der Waals surface area contributed by atoms with Gasteiger partial charge in [0.1, 0.15) is 30.0 Å². The van der Waals surface area contributed by atoms with Crippen molar-refractivity contribution in [2.75, 3.05) is 6.61 Å². The Hall–Kier alpha value is -2.18. The van der Waals surface area contributed by atoms with Crippen molar-refractivity contribution >= 4 is 11.8 Å². The molecule has 0 radical (unpaired) electrons. The van der Waals surface area contributed by atoms with Crippen LogP contribution in [0.1, 0.15) is 60.3 Å². The van der Waals surface area contributed by atoms with Gasteiger partial charge in [-0.05, 0) is 37.8 Å². The molecule has 0 aromatic carbocycles. The molecule has 3 unspecified atom stereocenters. The zero-order chi connectivity index (χ0) is 30.5. The van der Waals surface area contributed by atoms with Crippen LogP contribution in [0.3, 0.4) is 0 Å². The van der Waals surface area contributed by atoms with Gasteiger partial charge in [-0.15, -0.1) is 0 Å². The highest BCUT2D eigenvalue weighted by atomic mass is 16.9. The van der Waals surface area contributed by atoms with Gasteiger partial charge in [0, 0.05) is 30.8 Å². The third-order valence-corrected chi connectivity index (χ3v) is 10.6. The van der Waals surface area contributed by atoms with E-state index in [0.717, 1.165) is 25.7 Å². The summed E-state index contributed by atoms with van der Waals surface area (Å²) in [5.41, 5.74) is -6.12. The summed E-state index contributed by atoms with van der Waals surface area (Å²) in [5.74, 6) is -5.58. The van der Waals surface area contributed by atoms with E-state index in [1.165, 1.54) is 6.92 Å². The summed E-state index contributed by atoms with van der Waals surface area (Å²) in [7, 11) is 0. The fraction of sp³-hybridized carbons (Fsp3) is 0.688. The van der Waals surface area contributed by atoms with Gasteiger partial charge in [-0.25, -0.2) is 0 Å². The van der Waals surface area contributed by atoms with Gasteiger partial charge in [-0.1, -0.05) is 57.6 Å². The number of allylic oxidation sites excluding steroid dienone is 3. The molecule has 3 bridgehead atoms. The summed E-state index contributed by atoms with van der Waals surface area (Å²) in [5, 5.41) is 34.4. The Morgan fingerprint density at radius 2 is 1.90 bits per heavy atom. The first-order valence-corrected chi connectivity index (χ1v) is 15.0. The van der Waals surface area contributed by atoms with E-state index in [4.69, 9.17) is 23.7 Å². The zero-order valence-electron chi connectivity index (χ0n) is 24.9. The van der Waals surface area contributed by atoms with Crippen LogP contribution in [0, 0.1) is 17.8 Å². The number of fused-ring (bicyclic) bond motifs is 3. The van der Waals surface area contributed by atoms with Crippen molar-refractivity contribution in [2.45, 2.75) is 113 Å². The monoisotopic (exact) mass is 586 g/mol. The Morgan fingerprint density at radius 1 is 1.17 bits per heavy atom. The lowest BCUT2D eigenvalue weighted by Crippen LogP contribution is -2.76. The smallest absolute Gasteiger partial charge is 0.307 e. The predicted octanol–water partition coefficient (Wildman–Crippen LogP) is 2.41. The standard InChI is InChI=1S/C32H42O10/c1-7-8-9-10-11-12-13-14-29-40-26-22-25-28(16-33,39-25)27(36)30(37)21(15-18(4)23(30)35)32(22,42-29)19(5)24(38-20(6)34)31(26,41-29)17(2)3/h11-15,19,21-22,24-27,33,36-37H,2,7-10,16H2,1,3-6H3/b12-11+,14-13+/t19-,21-,22?,24-,25?,26-,27-,28+,29?,30-,31+,32+/m1/s1. The van der Waals surface area contributed by atoms with Crippen LogP contribution in [0.4, 0.5) is 0 Å². The summed E-state index contributed by atoms with van der Waals surface area (Å²) in [6, 6.07) is 0. The van der Waals surface area contributed by atoms with Crippen molar-refractivity contribution in [3.63, 3.8) is 0 Å². The van der Waals surface area contributed by atoms with Gasteiger partial charge in [0.05, 0.1) is 12.2 Å². The van der Waals surface area contributed by atoms with Crippen molar-refractivity contribution in [3.05, 3.63) is 48.1 Å². The number of esters is 1. The van der Waals surface area contributed by atoms with Crippen LogP contribution in [0.15, 0.2) is 48.1 Å². The number of ketones is 1. The van der Waals surface area contributed by atoms with E-state index in [2.05, 4.69) is 13.5 Å². The molecule has 0 spiro atoms. The maximum Gasteiger partial charge on any atom is 0.307 e. The summed E-state index contributed by atoms with van der Waals surface area (Å²) in [6.45, 7) is 12.2. The Bertz CT molecular complexity index is 1290. The van der Waals surface area contributed by atoms with Crippen molar-refractivity contribution < 1.29 is 48.6 Å². The fourth-order valence-electron chi connectivity index (χ4n) is 8.66. The van der Waals surface area contributed by atoms with Gasteiger partial charge in [-0.2, -0.15) is 0 Å². The Balaban J connectivity index is 1.55. The van der Waals surface area contributed by atoms with Crippen LogP contribution < -0.4 is 0 Å². The van der Waals surface area contributed by atoms with Crippen LogP contribution in [0.2, 0.25) is 0 Å². The molecule has 230 valence electrons. The Kier molecular flexibility index (Phi) is 6.87. The second-order valence-corrected chi connectivity index (χ2v) is 12.9. The molecule has 10 heteroatoms. The van der Waals surface area contributed by atoms with Crippen molar-refractivity contribution in [1.82, 2.24) is 0 Å². The molecule has 2 saturated carbocycles. The van der Waals surface area contributed by atoms with Crippen LogP contribution in [-0.4, -0.2) is 86.5 Å². The molecule has 3 aliphatic carbocycles. The molecule has 0 aromatic heterocycles. The number of rotatable bonds is 9. The largest absolute Gasteiger partial charge is 0.459 e. The lowest BCUT2D eigenvalue weighted by molar-refractivity contribution is -0.407. The molecule has 0 amide bonds. The third kappa shape index (κ3) is 3.51. The summed E-state index contributed by atoms with van der Waals surface area (Å²) >= 11 is 0. The van der Waals surface area contributed by atoms with E-state index in [0.29, 0.717) is 5.57 Å². The number of hydrogen-bond donors (Lipinski definition) is 3. The first-order chi connectivity index (χ1) is 19.8. The van der Waals surface area contributed by atoms with Gasteiger partial charge < -0.3 is 39.0 Å². The molecular weight excluding hydrogens is 544 g/mol. The second kappa shape index (κ2) is 9.66. The minimum atomic E-state index is -2.38. The second-order valence-electron chi connectivity index (χ2n) is 12.9. The minimum absolute atomic E-state index is 0.248. The first kappa shape index (κ1) is 29.9. The van der Waals surface area contributed by atoms with Crippen LogP contribution in [-0.2, 0) is 33.3 Å². The fourth-order valence-corrected chi connectivity index (χ4v) is 8.66. The minimum Gasteiger partial charge on any atom is -0.459 e. The maximum atomic E-state index is 13.7. The van der Waals surface area contributed by atoms with Crippen molar-refractivity contribution in [1.29, 1.82) is 0 Å². The predicted molar refractivity (Wildman–Crippen MR) is 149 cm³/mol. The molecule has 12 atom stereocenters. The van der Waals surface area contributed by atoms with Gasteiger partial charge in [0.25, 0.3) is 0 Å². The van der Waals surface area contributed by atoms with Crippen LogP contribution in [0.25, 0.3) is 0 Å². The molecule has 3 heterocycles. The van der Waals surface area contributed by atoms with Crippen LogP contribution >= 0.6 is 0 Å². The highest BCUT2D eigenvalue weighted by molar-refractivity contribution is 6.05. The van der Waals surface area contributed by atoms with Gasteiger partial charge >= 0.3 is 11.9 Å². The highest BCUT2D eigenvalue weighted by Gasteiger charge is 2.90. The molecule has 6 rings (SSSR count). The molecule has 3 N–H and O–H groups in total. The number of Topliss-reactive ketones (excluding diaryl/α,β-unsaturated/α-hetero) is 1. The van der Waals surface area contributed by atoms with Crippen molar-refractivity contribution in [2.24, 2.45) is 17.8 Å². The number of hydrogen-bond acceptors (Lipinski definition) is 10. The topological polar surface area (TPSA) is 144 Å². The summed E-state index contributed by atoms with van der Waals surface area (Å²) in [6.07, 6.45) is 8.71. The number of aliphatic hydroxyl groups is 3. The lowest BCUT2D eigenvalue weighted by atomic mass is 9.53. The molecule has 5 fully saturated rings. The van der Waals surface area contributed by atoms with E-state index in [1.54, 1.807) is 32.1 Å². The zero-order valence-corrected chi connectivity index (χ0v) is 24.9. The molecule has 3 saturated heterocycles. The average Bonchev–Trinajstić information content (AvgIpc) is 3.57. The number of epoxide rings is 1. The first-order valence-electron chi connectivity index (χ1n) is 15.0. The molecule has 10 nitrogen and oxygen atoms in total. The number of carbonyl (C=O) groups excluding carboxylic acids is 2. The van der Waals surface area contributed by atoms with E-state index in [9.17, 15) is 24.9 Å². The molecule has 0 aromatic rings. The van der Waals surface area contributed by atoms with Gasteiger partial charge in [0.2, 0.25) is 0 Å². The summed E-state index contributed by atoms with van der Waals surface area (Å²) < 4.78 is 32.4. The number of aliphatic hydroxyl groups excluding tert-OH is 2. The molecule has 42 heavy (non-hydrogen) atoms. The van der Waals surface area contributed by atoms with E-state index in [-0.39, 0.29) is 5.57 Å². The lowest BCUT2D eigenvalue weighted by Gasteiger charge is -2.61. The highest BCUT2D eigenvalue weighted by Crippen LogP contribution is 2.73. The molecule has 3 aliphatic heterocycles. The average molecular weight is 587 g/mol. The van der Waals surface area contributed by atoms with Gasteiger partial charge in [0.15, 0.2) is 17.0 Å². The SMILES string of the molecule is C=C(C)[C@@]12OC3(/C=C/C=C/CCCCC)O[C@@H]1C1C4O[C@]4(CO)[C@@H](O)[C@]4(O)C(=O)C(C)=C[C@H]4[C@@]1(O3)[C@H](C)[C@H]2OC(C)=O.